The van der Waals surface area contributed by atoms with Gasteiger partial charge in [0.25, 0.3) is 0 Å². The number of aliphatic hydroxyl groups excluding tert-OH is 2. The topological polar surface area (TPSA) is 100 Å². The maximum Gasteiger partial charge on any atom is 0.315 e. The van der Waals surface area contributed by atoms with Crippen LogP contribution in [0.4, 0.5) is 4.79 Å². The first-order chi connectivity index (χ1) is 19.5. The van der Waals surface area contributed by atoms with Gasteiger partial charge in [0, 0.05) is 35.6 Å². The van der Waals surface area contributed by atoms with E-state index in [-0.39, 0.29) is 37.0 Å². The fourth-order valence-electron chi connectivity index (χ4n) is 7.83. The smallest absolute Gasteiger partial charge is 0.315 e. The van der Waals surface area contributed by atoms with Gasteiger partial charge in [-0.15, -0.1) is 0 Å². The van der Waals surface area contributed by atoms with Gasteiger partial charge in [0.05, 0.1) is 25.4 Å². The summed E-state index contributed by atoms with van der Waals surface area (Å²) >= 11 is 1.68. The number of amides is 2. The Bertz CT molecular complexity index is 1110. The van der Waals surface area contributed by atoms with Gasteiger partial charge >= 0.3 is 6.03 Å². The third-order valence-electron chi connectivity index (χ3n) is 9.28. The van der Waals surface area contributed by atoms with E-state index in [0.717, 1.165) is 71.4 Å². The molecule has 216 valence electrons. The largest absolute Gasteiger partial charge is 0.396 e. The lowest BCUT2D eigenvalue weighted by Gasteiger charge is -2.56. The van der Waals surface area contributed by atoms with Crippen molar-refractivity contribution in [2.24, 2.45) is 17.8 Å². The third kappa shape index (κ3) is 6.52. The molecule has 4 saturated carbocycles. The van der Waals surface area contributed by atoms with Crippen LogP contribution in [0.1, 0.15) is 79.6 Å². The maximum atomic E-state index is 12.9. The summed E-state index contributed by atoms with van der Waals surface area (Å²) in [6.45, 7) is 0.646. The van der Waals surface area contributed by atoms with Crippen molar-refractivity contribution >= 4 is 17.8 Å². The molecular weight excluding hydrogens is 524 g/mol. The van der Waals surface area contributed by atoms with E-state index in [0.29, 0.717) is 12.3 Å². The third-order valence-corrected chi connectivity index (χ3v) is 10.4. The Balaban J connectivity index is 1.06. The standard InChI is InChI=1S/C32H42N2O5S/c35-9-10-40-20-28-14-29(26-5-3-22(19-36)4-6-26)39-30(38-28)27-7-1-21(2-8-27)18-33-31(37)34-32-15-23-11-24(16-32)13-25(12-23)17-32/h1-8,23-25,28-30,35-36H,9-20H2,(H2,33,34,37)/t23?,24?,25?,28-,29+,30+,32?/m1/s1. The van der Waals surface area contributed by atoms with E-state index >= 15 is 0 Å². The second-order valence-electron chi connectivity index (χ2n) is 12.4. The van der Waals surface area contributed by atoms with E-state index in [9.17, 15) is 15.0 Å². The van der Waals surface area contributed by atoms with Crippen LogP contribution in [0.15, 0.2) is 48.5 Å². The van der Waals surface area contributed by atoms with E-state index < -0.39 is 6.29 Å². The Hall–Kier alpha value is -2.10. The lowest BCUT2D eigenvalue weighted by molar-refractivity contribution is -0.245. The lowest BCUT2D eigenvalue weighted by Crippen LogP contribution is -2.61. The molecule has 2 aromatic rings. The van der Waals surface area contributed by atoms with Crippen molar-refractivity contribution in [2.75, 3.05) is 18.1 Å². The Morgan fingerprint density at radius 1 is 0.850 bits per heavy atom. The van der Waals surface area contributed by atoms with E-state index in [1.165, 1.54) is 19.3 Å². The van der Waals surface area contributed by atoms with Crippen molar-refractivity contribution in [1.82, 2.24) is 10.6 Å². The summed E-state index contributed by atoms with van der Waals surface area (Å²) in [5, 5.41) is 25.1. The maximum absolute atomic E-state index is 12.9. The van der Waals surface area contributed by atoms with Gasteiger partial charge in [0.15, 0.2) is 6.29 Å². The first kappa shape index (κ1) is 28.0. The molecule has 2 amide bonds. The molecule has 1 aliphatic heterocycles. The minimum Gasteiger partial charge on any atom is -0.396 e. The molecule has 0 unspecified atom stereocenters. The molecule has 5 fully saturated rings. The Morgan fingerprint density at radius 3 is 2.10 bits per heavy atom. The number of urea groups is 1. The van der Waals surface area contributed by atoms with Crippen molar-refractivity contribution in [1.29, 1.82) is 0 Å². The minimum atomic E-state index is -0.502. The van der Waals surface area contributed by atoms with Crippen LogP contribution >= 0.6 is 11.8 Å². The molecule has 4 bridgehead atoms. The molecule has 40 heavy (non-hydrogen) atoms. The summed E-state index contributed by atoms with van der Waals surface area (Å²) in [4.78, 5) is 12.9. The van der Waals surface area contributed by atoms with Crippen molar-refractivity contribution in [2.45, 2.75) is 82.1 Å². The molecule has 5 aliphatic rings. The van der Waals surface area contributed by atoms with Crippen molar-refractivity contribution < 1.29 is 24.5 Å². The molecule has 0 aromatic heterocycles. The number of hydrogen-bond donors (Lipinski definition) is 4. The molecule has 8 heteroatoms. The van der Waals surface area contributed by atoms with Crippen molar-refractivity contribution in [3.05, 3.63) is 70.8 Å². The Kier molecular flexibility index (Phi) is 8.70. The van der Waals surface area contributed by atoms with Crippen LogP contribution in [0, 0.1) is 17.8 Å². The van der Waals surface area contributed by atoms with Crippen LogP contribution in [0.5, 0.6) is 0 Å². The monoisotopic (exact) mass is 566 g/mol. The van der Waals surface area contributed by atoms with Gasteiger partial charge in [-0.1, -0.05) is 48.5 Å². The molecule has 7 nitrogen and oxygen atoms in total. The zero-order valence-electron chi connectivity index (χ0n) is 23.1. The number of thioether (sulfide) groups is 1. The number of carbonyl (C=O) groups is 1. The molecule has 0 spiro atoms. The first-order valence-corrected chi connectivity index (χ1v) is 16.0. The van der Waals surface area contributed by atoms with Crippen LogP contribution in [0.25, 0.3) is 0 Å². The number of nitrogens with one attached hydrogen (secondary N) is 2. The number of rotatable bonds is 10. The summed E-state index contributed by atoms with van der Waals surface area (Å²) < 4.78 is 12.8. The summed E-state index contributed by atoms with van der Waals surface area (Å²) in [5.74, 6) is 3.87. The van der Waals surface area contributed by atoms with E-state index in [1.54, 1.807) is 11.8 Å². The first-order valence-electron chi connectivity index (χ1n) is 14.8. The second-order valence-corrected chi connectivity index (χ2v) is 13.5. The minimum absolute atomic E-state index is 0.00700. The van der Waals surface area contributed by atoms with Crippen LogP contribution in [0.2, 0.25) is 0 Å². The molecule has 3 atom stereocenters. The van der Waals surface area contributed by atoms with Crippen molar-refractivity contribution in [3.8, 4) is 0 Å². The number of ether oxygens (including phenoxy) is 2. The van der Waals surface area contributed by atoms with Gasteiger partial charge < -0.3 is 30.3 Å². The van der Waals surface area contributed by atoms with Gasteiger partial charge in [-0.3, -0.25) is 0 Å². The average molecular weight is 567 g/mol. The summed E-state index contributed by atoms with van der Waals surface area (Å²) in [6, 6.07) is 15.9. The highest BCUT2D eigenvalue weighted by Crippen LogP contribution is 2.55. The fourth-order valence-corrected chi connectivity index (χ4v) is 8.60. The van der Waals surface area contributed by atoms with Gasteiger partial charge in [-0.25, -0.2) is 4.79 Å². The zero-order valence-corrected chi connectivity index (χ0v) is 23.9. The highest BCUT2D eigenvalue weighted by atomic mass is 32.2. The second kappa shape index (κ2) is 12.4. The van der Waals surface area contributed by atoms with Gasteiger partial charge in [-0.2, -0.15) is 11.8 Å². The van der Waals surface area contributed by atoms with E-state index in [1.807, 2.05) is 48.5 Å². The molecule has 1 saturated heterocycles. The predicted octanol–water partition coefficient (Wildman–Crippen LogP) is 5.22. The number of carbonyl (C=O) groups excluding carboxylic acids is 1. The van der Waals surface area contributed by atoms with Crippen LogP contribution in [0.3, 0.4) is 0 Å². The highest BCUT2D eigenvalue weighted by Gasteiger charge is 2.51. The normalized spacial score (nSPS) is 32.6. The number of aliphatic hydroxyl groups is 2. The predicted molar refractivity (Wildman–Crippen MR) is 156 cm³/mol. The summed E-state index contributed by atoms with van der Waals surface area (Å²) in [6.07, 6.45) is 7.63. The lowest BCUT2D eigenvalue weighted by atomic mass is 9.53. The molecule has 4 N–H and O–H groups in total. The highest BCUT2D eigenvalue weighted by molar-refractivity contribution is 7.99. The Labute approximate surface area is 241 Å². The molecule has 7 rings (SSSR count). The number of hydrogen-bond acceptors (Lipinski definition) is 6. The molecule has 0 radical (unpaired) electrons. The molecular formula is C32H42N2O5S. The van der Waals surface area contributed by atoms with Gasteiger partial charge in [0.2, 0.25) is 0 Å². The molecule has 4 aliphatic carbocycles. The molecule has 1 heterocycles. The zero-order chi connectivity index (χ0) is 27.5. The summed E-state index contributed by atoms with van der Waals surface area (Å²) in [5.41, 5.74) is 3.92. The fraction of sp³-hybridized carbons (Fsp3) is 0.594. The van der Waals surface area contributed by atoms with Crippen LogP contribution in [-0.4, -0.2) is 46.0 Å². The average Bonchev–Trinajstić information content (AvgIpc) is 2.95. The number of benzene rings is 2. The van der Waals surface area contributed by atoms with Gasteiger partial charge in [-0.05, 0) is 73.0 Å². The van der Waals surface area contributed by atoms with E-state index in [2.05, 4.69) is 10.6 Å². The van der Waals surface area contributed by atoms with Crippen LogP contribution < -0.4 is 10.6 Å². The van der Waals surface area contributed by atoms with Gasteiger partial charge in [0.1, 0.15) is 0 Å². The molecule has 2 aromatic carbocycles. The summed E-state index contributed by atoms with van der Waals surface area (Å²) in [7, 11) is 0. The van der Waals surface area contributed by atoms with Crippen molar-refractivity contribution in [3.63, 3.8) is 0 Å². The quantitative estimate of drug-likeness (QED) is 0.295. The SMILES string of the molecule is O=C(NCc1ccc([C@H]2O[C@@H](CSCCO)C[C@@H](c3ccc(CO)cc3)O2)cc1)NC12CC3CC(CC(C3)C1)C2. The van der Waals surface area contributed by atoms with E-state index in [4.69, 9.17) is 9.47 Å². The Morgan fingerprint density at radius 2 is 1.48 bits per heavy atom. The van der Waals surface area contributed by atoms with Crippen LogP contribution in [-0.2, 0) is 22.6 Å².